The van der Waals surface area contributed by atoms with Gasteiger partial charge in [0, 0.05) is 6.54 Å². The first-order valence-corrected chi connectivity index (χ1v) is 8.49. The molecular formula is C16H20N2O3S. The van der Waals surface area contributed by atoms with E-state index < -0.39 is 10.0 Å². The molecular weight excluding hydrogens is 300 g/mol. The second-order valence-corrected chi connectivity index (χ2v) is 6.53. The lowest BCUT2D eigenvalue weighted by atomic mass is 10.1. The lowest BCUT2D eigenvalue weighted by Crippen LogP contribution is -2.17. The summed E-state index contributed by atoms with van der Waals surface area (Å²) in [6, 6.07) is 14.5. The molecule has 0 amide bonds. The van der Waals surface area contributed by atoms with Crippen LogP contribution in [0.5, 0.6) is 5.75 Å². The number of sulfonamides is 1. The maximum absolute atomic E-state index is 11.2. The first-order chi connectivity index (χ1) is 10.5. The molecule has 0 bridgehead atoms. The van der Waals surface area contributed by atoms with Crippen LogP contribution in [-0.4, -0.2) is 22.1 Å². The third kappa shape index (κ3) is 4.84. The zero-order chi connectivity index (χ0) is 16.0. The Kier molecular flexibility index (Phi) is 5.54. The lowest BCUT2D eigenvalue weighted by molar-refractivity contribution is 0.414. The third-order valence-electron chi connectivity index (χ3n) is 3.31. The van der Waals surface area contributed by atoms with Gasteiger partial charge < -0.3 is 10.1 Å². The summed E-state index contributed by atoms with van der Waals surface area (Å²) in [4.78, 5) is 0.139. The first-order valence-electron chi connectivity index (χ1n) is 6.94. The zero-order valence-electron chi connectivity index (χ0n) is 12.5. The minimum Gasteiger partial charge on any atom is -0.497 e. The molecule has 0 atom stereocenters. The smallest absolute Gasteiger partial charge is 0.238 e. The summed E-state index contributed by atoms with van der Waals surface area (Å²) >= 11 is 0. The zero-order valence-corrected chi connectivity index (χ0v) is 13.3. The summed E-state index contributed by atoms with van der Waals surface area (Å²) in [5.74, 6) is 0.845. The van der Waals surface area contributed by atoms with E-state index in [1.54, 1.807) is 19.2 Å². The molecule has 0 radical (unpaired) electrons. The van der Waals surface area contributed by atoms with Gasteiger partial charge in [-0.1, -0.05) is 24.3 Å². The number of rotatable bonds is 7. The van der Waals surface area contributed by atoms with Crippen molar-refractivity contribution in [2.24, 2.45) is 5.14 Å². The maximum atomic E-state index is 11.2. The van der Waals surface area contributed by atoms with Crippen LogP contribution in [-0.2, 0) is 23.0 Å². The van der Waals surface area contributed by atoms with Gasteiger partial charge in [0.25, 0.3) is 0 Å². The van der Waals surface area contributed by atoms with Gasteiger partial charge in [-0.15, -0.1) is 0 Å². The summed E-state index contributed by atoms with van der Waals surface area (Å²) in [6.07, 6.45) is 0.814. The number of methoxy groups -OCH3 is 1. The fraction of sp³-hybridized carbons (Fsp3) is 0.250. The second-order valence-electron chi connectivity index (χ2n) is 4.97. The van der Waals surface area contributed by atoms with Crippen molar-refractivity contribution in [1.29, 1.82) is 0 Å². The number of benzene rings is 2. The van der Waals surface area contributed by atoms with E-state index in [9.17, 15) is 8.42 Å². The number of hydrogen-bond acceptors (Lipinski definition) is 4. The van der Waals surface area contributed by atoms with Crippen LogP contribution in [0.25, 0.3) is 0 Å². The average molecular weight is 320 g/mol. The Hall–Kier alpha value is -1.89. The standard InChI is InChI=1S/C16H20N2O3S/c1-21-15-4-2-3-14(11-15)12-18-10-9-13-5-7-16(8-6-13)22(17,19)20/h2-8,11,18H,9-10,12H2,1H3,(H2,17,19,20). The van der Waals surface area contributed by atoms with Crippen molar-refractivity contribution >= 4 is 10.0 Å². The molecule has 0 aliphatic heterocycles. The van der Waals surface area contributed by atoms with E-state index in [2.05, 4.69) is 5.32 Å². The van der Waals surface area contributed by atoms with Crippen LogP contribution in [0.3, 0.4) is 0 Å². The summed E-state index contributed by atoms with van der Waals surface area (Å²) in [5, 5.41) is 8.41. The molecule has 0 unspecified atom stereocenters. The van der Waals surface area contributed by atoms with E-state index >= 15 is 0 Å². The molecule has 0 saturated carbocycles. The molecule has 2 aromatic carbocycles. The van der Waals surface area contributed by atoms with E-state index in [0.717, 1.165) is 36.4 Å². The first kappa shape index (κ1) is 16.5. The molecule has 3 N–H and O–H groups in total. The topological polar surface area (TPSA) is 81.4 Å². The minimum absolute atomic E-state index is 0.139. The quantitative estimate of drug-likeness (QED) is 0.761. The molecule has 0 aliphatic carbocycles. The molecule has 0 aromatic heterocycles. The van der Waals surface area contributed by atoms with Crippen molar-refractivity contribution in [3.8, 4) is 5.75 Å². The number of nitrogens with two attached hydrogens (primary N) is 1. The molecule has 0 spiro atoms. The Bertz CT molecular complexity index is 712. The summed E-state index contributed by atoms with van der Waals surface area (Å²) in [7, 11) is -1.96. The van der Waals surface area contributed by atoms with Crippen LogP contribution < -0.4 is 15.2 Å². The summed E-state index contributed by atoms with van der Waals surface area (Å²) in [5.41, 5.74) is 2.22. The monoisotopic (exact) mass is 320 g/mol. The molecule has 0 heterocycles. The van der Waals surface area contributed by atoms with Gasteiger partial charge in [0.15, 0.2) is 0 Å². The van der Waals surface area contributed by atoms with Crippen molar-refractivity contribution in [1.82, 2.24) is 5.32 Å². The number of primary sulfonamides is 1. The molecule has 6 heteroatoms. The SMILES string of the molecule is COc1cccc(CNCCc2ccc(S(N)(=O)=O)cc2)c1. The van der Waals surface area contributed by atoms with Gasteiger partial charge in [-0.2, -0.15) is 0 Å². The highest BCUT2D eigenvalue weighted by Gasteiger charge is 2.06. The van der Waals surface area contributed by atoms with Crippen LogP contribution in [0.2, 0.25) is 0 Å². The van der Waals surface area contributed by atoms with E-state index in [1.807, 2.05) is 24.3 Å². The van der Waals surface area contributed by atoms with E-state index in [1.165, 1.54) is 12.1 Å². The lowest BCUT2D eigenvalue weighted by Gasteiger charge is -2.07. The van der Waals surface area contributed by atoms with Gasteiger partial charge in [-0.25, -0.2) is 13.6 Å². The van der Waals surface area contributed by atoms with E-state index in [-0.39, 0.29) is 4.90 Å². The Morgan fingerprint density at radius 3 is 2.45 bits per heavy atom. The molecule has 0 aliphatic rings. The molecule has 5 nitrogen and oxygen atoms in total. The van der Waals surface area contributed by atoms with E-state index in [4.69, 9.17) is 9.88 Å². The van der Waals surface area contributed by atoms with Gasteiger partial charge in [-0.05, 0) is 48.4 Å². The maximum Gasteiger partial charge on any atom is 0.238 e. The fourth-order valence-electron chi connectivity index (χ4n) is 2.09. The molecule has 22 heavy (non-hydrogen) atoms. The van der Waals surface area contributed by atoms with Gasteiger partial charge in [0.2, 0.25) is 10.0 Å². The van der Waals surface area contributed by atoms with E-state index in [0.29, 0.717) is 0 Å². The molecule has 118 valence electrons. The fourth-order valence-corrected chi connectivity index (χ4v) is 2.61. The van der Waals surface area contributed by atoms with Crippen LogP contribution in [0, 0.1) is 0 Å². The largest absolute Gasteiger partial charge is 0.497 e. The molecule has 2 aromatic rings. The van der Waals surface area contributed by atoms with Crippen LogP contribution in [0.15, 0.2) is 53.4 Å². The minimum atomic E-state index is -3.61. The summed E-state index contributed by atoms with van der Waals surface area (Å²) in [6.45, 7) is 1.55. The van der Waals surface area contributed by atoms with Gasteiger partial charge in [0.1, 0.15) is 5.75 Å². The predicted molar refractivity (Wildman–Crippen MR) is 86.2 cm³/mol. The summed E-state index contributed by atoms with van der Waals surface area (Å²) < 4.78 is 27.5. The highest BCUT2D eigenvalue weighted by atomic mass is 32.2. The second kappa shape index (κ2) is 7.40. The molecule has 2 rings (SSSR count). The van der Waals surface area contributed by atoms with Crippen molar-refractivity contribution in [2.45, 2.75) is 17.9 Å². The normalized spacial score (nSPS) is 11.4. The predicted octanol–water partition coefficient (Wildman–Crippen LogP) is 1.67. The third-order valence-corrected chi connectivity index (χ3v) is 4.23. The Labute approximate surface area is 131 Å². The average Bonchev–Trinajstić information content (AvgIpc) is 2.51. The van der Waals surface area contributed by atoms with Gasteiger partial charge in [0.05, 0.1) is 12.0 Å². The molecule has 0 saturated heterocycles. The van der Waals surface area contributed by atoms with Gasteiger partial charge in [-0.3, -0.25) is 0 Å². The van der Waals surface area contributed by atoms with Gasteiger partial charge >= 0.3 is 0 Å². The number of hydrogen-bond donors (Lipinski definition) is 2. The van der Waals surface area contributed by atoms with Crippen LogP contribution in [0.1, 0.15) is 11.1 Å². The van der Waals surface area contributed by atoms with Crippen molar-refractivity contribution in [2.75, 3.05) is 13.7 Å². The van der Waals surface area contributed by atoms with Crippen molar-refractivity contribution in [3.63, 3.8) is 0 Å². The van der Waals surface area contributed by atoms with Crippen molar-refractivity contribution in [3.05, 3.63) is 59.7 Å². The van der Waals surface area contributed by atoms with Crippen LogP contribution in [0.4, 0.5) is 0 Å². The Morgan fingerprint density at radius 2 is 1.82 bits per heavy atom. The Morgan fingerprint density at radius 1 is 1.09 bits per heavy atom. The van der Waals surface area contributed by atoms with Crippen molar-refractivity contribution < 1.29 is 13.2 Å². The highest BCUT2D eigenvalue weighted by Crippen LogP contribution is 2.12. The highest BCUT2D eigenvalue weighted by molar-refractivity contribution is 7.89. The number of ether oxygens (including phenoxy) is 1. The Balaban J connectivity index is 1.81. The molecule has 0 fully saturated rings. The van der Waals surface area contributed by atoms with Crippen LogP contribution >= 0.6 is 0 Å². The number of nitrogens with one attached hydrogen (secondary N) is 1.